The summed E-state index contributed by atoms with van der Waals surface area (Å²) in [6.45, 7) is 7.39. The first-order chi connectivity index (χ1) is 10.6. The highest BCUT2D eigenvalue weighted by Gasteiger charge is 2.34. The minimum atomic E-state index is 0.0390. The molecule has 1 atom stereocenters. The fraction of sp³-hybridized carbons (Fsp3) is 0.562. The summed E-state index contributed by atoms with van der Waals surface area (Å²) in [5.41, 5.74) is 1.32. The zero-order valence-electron chi connectivity index (χ0n) is 13.3. The predicted molar refractivity (Wildman–Crippen MR) is 81.6 cm³/mol. The van der Waals surface area contributed by atoms with Crippen LogP contribution in [-0.2, 0) is 6.54 Å². The van der Waals surface area contributed by atoms with E-state index in [9.17, 15) is 4.79 Å². The Labute approximate surface area is 130 Å². The monoisotopic (exact) mass is 302 g/mol. The molecule has 0 spiro atoms. The third-order valence-electron chi connectivity index (χ3n) is 4.22. The minimum absolute atomic E-state index is 0.0390. The Morgan fingerprint density at radius 3 is 3.00 bits per heavy atom. The first kappa shape index (κ1) is 14.8. The van der Waals surface area contributed by atoms with E-state index in [1.54, 1.807) is 6.20 Å². The third kappa shape index (κ3) is 2.65. The van der Waals surface area contributed by atoms with Crippen LogP contribution in [0.2, 0.25) is 0 Å². The first-order valence-corrected chi connectivity index (χ1v) is 7.82. The molecule has 0 saturated carbocycles. The van der Waals surface area contributed by atoms with Gasteiger partial charge >= 0.3 is 0 Å². The summed E-state index contributed by atoms with van der Waals surface area (Å²) >= 11 is 0. The lowest BCUT2D eigenvalue weighted by atomic mass is 10.0. The Balaban J connectivity index is 1.83. The highest BCUT2D eigenvalue weighted by atomic mass is 16.5. The van der Waals surface area contributed by atoms with Crippen LogP contribution in [0.1, 0.15) is 54.4 Å². The van der Waals surface area contributed by atoms with Crippen molar-refractivity contribution in [3.8, 4) is 0 Å². The van der Waals surface area contributed by atoms with Crippen molar-refractivity contribution in [3.63, 3.8) is 0 Å². The van der Waals surface area contributed by atoms with Crippen LogP contribution in [0.25, 0.3) is 0 Å². The van der Waals surface area contributed by atoms with Gasteiger partial charge in [0, 0.05) is 24.9 Å². The van der Waals surface area contributed by atoms with Crippen molar-refractivity contribution in [2.45, 2.75) is 52.1 Å². The SMILES string of the molecule is Cc1noc(C(C)C)c1C(=O)N1CCC[C@@H]1Cn1cccn1. The summed E-state index contributed by atoms with van der Waals surface area (Å²) in [6.07, 6.45) is 5.74. The van der Waals surface area contributed by atoms with Gasteiger partial charge in [-0.2, -0.15) is 5.10 Å². The van der Waals surface area contributed by atoms with Gasteiger partial charge in [0.1, 0.15) is 5.56 Å². The smallest absolute Gasteiger partial charge is 0.259 e. The lowest BCUT2D eigenvalue weighted by Gasteiger charge is -2.25. The van der Waals surface area contributed by atoms with E-state index in [1.807, 2.05) is 42.6 Å². The summed E-state index contributed by atoms with van der Waals surface area (Å²) < 4.78 is 7.25. The van der Waals surface area contributed by atoms with E-state index < -0.39 is 0 Å². The number of aryl methyl sites for hydroxylation is 1. The molecule has 0 radical (unpaired) electrons. The van der Waals surface area contributed by atoms with Crippen LogP contribution in [0.15, 0.2) is 23.0 Å². The zero-order valence-corrected chi connectivity index (χ0v) is 13.3. The largest absolute Gasteiger partial charge is 0.360 e. The van der Waals surface area contributed by atoms with Crippen LogP contribution in [0.4, 0.5) is 0 Å². The van der Waals surface area contributed by atoms with Gasteiger partial charge < -0.3 is 9.42 Å². The number of carbonyl (C=O) groups excluding carboxylic acids is 1. The molecule has 0 aliphatic carbocycles. The number of likely N-dealkylation sites (tertiary alicyclic amines) is 1. The number of nitrogens with zero attached hydrogens (tertiary/aromatic N) is 4. The van der Waals surface area contributed by atoms with E-state index in [0.717, 1.165) is 25.9 Å². The Morgan fingerprint density at radius 2 is 2.32 bits per heavy atom. The molecule has 1 fully saturated rings. The molecule has 118 valence electrons. The fourth-order valence-electron chi connectivity index (χ4n) is 3.10. The highest BCUT2D eigenvalue weighted by molar-refractivity contribution is 5.96. The lowest BCUT2D eigenvalue weighted by Crippen LogP contribution is -2.38. The molecule has 1 aliphatic heterocycles. The van der Waals surface area contributed by atoms with E-state index >= 15 is 0 Å². The van der Waals surface area contributed by atoms with E-state index in [2.05, 4.69) is 10.3 Å². The Bertz CT molecular complexity index is 645. The summed E-state index contributed by atoms with van der Waals surface area (Å²) in [7, 11) is 0. The van der Waals surface area contributed by atoms with Gasteiger partial charge in [0.05, 0.1) is 18.3 Å². The summed E-state index contributed by atoms with van der Waals surface area (Å²) in [5.74, 6) is 0.872. The molecule has 1 amide bonds. The average molecular weight is 302 g/mol. The second-order valence-electron chi connectivity index (χ2n) is 6.18. The molecule has 0 N–H and O–H groups in total. The van der Waals surface area contributed by atoms with Gasteiger partial charge in [-0.05, 0) is 25.8 Å². The molecule has 2 aromatic rings. The molecule has 1 saturated heterocycles. The van der Waals surface area contributed by atoms with Crippen molar-refractivity contribution >= 4 is 5.91 Å². The van der Waals surface area contributed by atoms with Crippen LogP contribution in [0.3, 0.4) is 0 Å². The molecule has 1 aliphatic rings. The molecular weight excluding hydrogens is 280 g/mol. The Morgan fingerprint density at radius 1 is 1.50 bits per heavy atom. The van der Waals surface area contributed by atoms with Crippen molar-refractivity contribution < 1.29 is 9.32 Å². The van der Waals surface area contributed by atoms with Gasteiger partial charge in [0.2, 0.25) is 0 Å². The highest BCUT2D eigenvalue weighted by Crippen LogP contribution is 2.27. The molecule has 22 heavy (non-hydrogen) atoms. The zero-order chi connectivity index (χ0) is 15.7. The van der Waals surface area contributed by atoms with E-state index in [1.165, 1.54) is 0 Å². The van der Waals surface area contributed by atoms with Gasteiger partial charge in [-0.15, -0.1) is 0 Å². The van der Waals surface area contributed by atoms with Gasteiger partial charge in [0.25, 0.3) is 5.91 Å². The lowest BCUT2D eigenvalue weighted by molar-refractivity contribution is 0.0718. The van der Waals surface area contributed by atoms with Crippen molar-refractivity contribution in [1.29, 1.82) is 0 Å². The Hall–Kier alpha value is -2.11. The number of hydrogen-bond donors (Lipinski definition) is 0. The van der Waals surface area contributed by atoms with Crippen molar-refractivity contribution in [1.82, 2.24) is 19.8 Å². The molecule has 0 bridgehead atoms. The maximum Gasteiger partial charge on any atom is 0.259 e. The maximum atomic E-state index is 13.0. The van der Waals surface area contributed by atoms with Crippen LogP contribution in [0, 0.1) is 6.92 Å². The molecule has 0 unspecified atom stereocenters. The van der Waals surface area contributed by atoms with Gasteiger partial charge in [-0.3, -0.25) is 9.48 Å². The van der Waals surface area contributed by atoms with Gasteiger partial charge in [-0.1, -0.05) is 19.0 Å². The van der Waals surface area contributed by atoms with Crippen LogP contribution in [0.5, 0.6) is 0 Å². The van der Waals surface area contributed by atoms with Crippen molar-refractivity contribution in [3.05, 3.63) is 35.5 Å². The van der Waals surface area contributed by atoms with Crippen molar-refractivity contribution in [2.24, 2.45) is 0 Å². The Kier molecular flexibility index (Phi) is 4.00. The molecule has 3 rings (SSSR count). The van der Waals surface area contributed by atoms with Crippen LogP contribution in [-0.4, -0.2) is 38.3 Å². The number of carbonyl (C=O) groups is 1. The first-order valence-electron chi connectivity index (χ1n) is 7.82. The quantitative estimate of drug-likeness (QED) is 0.871. The number of rotatable bonds is 4. The predicted octanol–water partition coefficient (Wildman–Crippen LogP) is 2.61. The van der Waals surface area contributed by atoms with Crippen molar-refractivity contribution in [2.75, 3.05) is 6.54 Å². The third-order valence-corrected chi connectivity index (χ3v) is 4.22. The van der Waals surface area contributed by atoms with E-state index in [0.29, 0.717) is 17.0 Å². The fourth-order valence-corrected chi connectivity index (χ4v) is 3.10. The van der Waals surface area contributed by atoms with Gasteiger partial charge in [0.15, 0.2) is 5.76 Å². The topological polar surface area (TPSA) is 64.2 Å². The number of aromatic nitrogens is 3. The second kappa shape index (κ2) is 5.94. The molecular formula is C16H22N4O2. The van der Waals surface area contributed by atoms with Crippen LogP contribution < -0.4 is 0 Å². The minimum Gasteiger partial charge on any atom is -0.360 e. The maximum absolute atomic E-state index is 13.0. The normalized spacial score (nSPS) is 18.4. The second-order valence-corrected chi connectivity index (χ2v) is 6.18. The average Bonchev–Trinajstić information content (AvgIpc) is 3.19. The molecule has 6 heteroatoms. The molecule has 2 aromatic heterocycles. The van der Waals surface area contributed by atoms with E-state index in [-0.39, 0.29) is 17.9 Å². The number of hydrogen-bond acceptors (Lipinski definition) is 4. The van der Waals surface area contributed by atoms with Crippen LogP contribution >= 0.6 is 0 Å². The number of amides is 1. The standard InChI is InChI=1S/C16H22N4O2/c1-11(2)15-14(12(3)18-22-15)16(21)20-9-4-6-13(20)10-19-8-5-7-17-19/h5,7-8,11,13H,4,6,9-10H2,1-3H3/t13-/m1/s1. The summed E-state index contributed by atoms with van der Waals surface area (Å²) in [5, 5.41) is 8.24. The summed E-state index contributed by atoms with van der Waals surface area (Å²) in [4.78, 5) is 14.9. The summed E-state index contributed by atoms with van der Waals surface area (Å²) in [6, 6.07) is 2.09. The van der Waals surface area contributed by atoms with Gasteiger partial charge in [-0.25, -0.2) is 0 Å². The van der Waals surface area contributed by atoms with E-state index in [4.69, 9.17) is 4.52 Å². The molecule has 0 aromatic carbocycles. The molecule has 6 nitrogen and oxygen atoms in total. The molecule has 3 heterocycles.